The molecule has 0 spiro atoms. The van der Waals surface area contributed by atoms with Crippen LogP contribution in [0, 0.1) is 23.7 Å². The van der Waals surface area contributed by atoms with Gasteiger partial charge in [0.25, 0.3) is 11.5 Å². The van der Waals surface area contributed by atoms with E-state index in [1.165, 1.54) is 15.4 Å². The Hall–Kier alpha value is -3.41. The minimum atomic E-state index is -0.328. The van der Waals surface area contributed by atoms with Crippen LogP contribution >= 0.6 is 0 Å². The lowest BCUT2D eigenvalue weighted by atomic mass is 9.77. The Morgan fingerprint density at radius 2 is 2.14 bits per heavy atom. The maximum absolute atomic E-state index is 13.0. The lowest BCUT2D eigenvalue weighted by Crippen LogP contribution is -2.42. The number of nitrogens with one attached hydrogen (secondary N) is 1. The number of nitrogens with zero attached hydrogens (tertiary/aromatic N) is 6. The molecule has 0 saturated carbocycles. The highest BCUT2D eigenvalue weighted by Crippen LogP contribution is 2.34. The van der Waals surface area contributed by atoms with Crippen molar-refractivity contribution in [2.75, 3.05) is 13.1 Å². The molecule has 9 heteroatoms. The van der Waals surface area contributed by atoms with Gasteiger partial charge in [-0.25, -0.2) is 9.20 Å². The number of rotatable bonds is 3. The van der Waals surface area contributed by atoms with Crippen molar-refractivity contribution in [3.05, 3.63) is 46.1 Å². The zero-order valence-corrected chi connectivity index (χ0v) is 15.8. The normalized spacial score (nSPS) is 16.2. The highest BCUT2D eigenvalue weighted by molar-refractivity contribution is 5.95. The van der Waals surface area contributed by atoms with Crippen molar-refractivity contribution in [2.24, 2.45) is 5.41 Å². The van der Waals surface area contributed by atoms with Gasteiger partial charge in [-0.2, -0.15) is 10.4 Å². The van der Waals surface area contributed by atoms with Gasteiger partial charge >= 0.3 is 0 Å². The van der Waals surface area contributed by atoms with Gasteiger partial charge in [-0.3, -0.25) is 14.6 Å². The molecule has 0 aromatic carbocycles. The topological polar surface area (TPSA) is 112 Å². The van der Waals surface area contributed by atoms with Gasteiger partial charge in [-0.05, 0) is 38.3 Å². The molecule has 4 heterocycles. The Morgan fingerprint density at radius 3 is 2.82 bits per heavy atom. The minimum Gasteiger partial charge on any atom is -0.338 e. The van der Waals surface area contributed by atoms with Crippen LogP contribution in [-0.2, 0) is 0 Å². The van der Waals surface area contributed by atoms with E-state index in [9.17, 15) is 14.9 Å². The van der Waals surface area contributed by atoms with E-state index in [-0.39, 0.29) is 22.8 Å². The molecule has 1 fully saturated rings. The number of carbonyl (C=O) groups is 1. The summed E-state index contributed by atoms with van der Waals surface area (Å²) in [5.41, 5.74) is 0.908. The van der Waals surface area contributed by atoms with Crippen molar-refractivity contribution < 1.29 is 4.79 Å². The second kappa shape index (κ2) is 6.64. The highest BCUT2D eigenvalue weighted by atomic mass is 16.2. The summed E-state index contributed by atoms with van der Waals surface area (Å²) in [5, 5.41) is 18.1. The molecule has 9 nitrogen and oxygen atoms in total. The molecule has 1 aliphatic heterocycles. The fourth-order valence-corrected chi connectivity index (χ4v) is 3.71. The van der Waals surface area contributed by atoms with E-state index in [0.717, 1.165) is 6.42 Å². The number of likely N-dealkylation sites (tertiary alicyclic amines) is 1. The Balaban J connectivity index is 1.61. The summed E-state index contributed by atoms with van der Waals surface area (Å²) in [4.78, 5) is 29.6. The van der Waals surface area contributed by atoms with Crippen LogP contribution in [-0.4, -0.2) is 48.3 Å². The SMILES string of the molecule is CCC1(C#N)CCN(C(=O)c2cnn(-c3nn4cccc4c(=O)[nH]3)c2C)CC1. The van der Waals surface area contributed by atoms with E-state index >= 15 is 0 Å². The second-order valence-electron chi connectivity index (χ2n) is 7.21. The average Bonchev–Trinajstić information content (AvgIpc) is 3.34. The van der Waals surface area contributed by atoms with Crippen molar-refractivity contribution in [1.29, 1.82) is 5.26 Å². The largest absolute Gasteiger partial charge is 0.338 e. The molecular formula is C19H21N7O2. The lowest BCUT2D eigenvalue weighted by molar-refractivity contribution is 0.0642. The quantitative estimate of drug-likeness (QED) is 0.744. The number of nitriles is 1. The lowest BCUT2D eigenvalue weighted by Gasteiger charge is -2.36. The summed E-state index contributed by atoms with van der Waals surface area (Å²) in [6.07, 6.45) is 5.34. The number of hydrogen-bond donors (Lipinski definition) is 1. The molecule has 1 aliphatic rings. The van der Waals surface area contributed by atoms with Crippen LogP contribution in [0.3, 0.4) is 0 Å². The Labute approximate surface area is 161 Å². The van der Waals surface area contributed by atoms with Crippen molar-refractivity contribution in [3.8, 4) is 12.0 Å². The number of amides is 1. The van der Waals surface area contributed by atoms with Gasteiger partial charge < -0.3 is 4.90 Å². The number of H-pyrrole nitrogens is 1. The third-order valence-electron chi connectivity index (χ3n) is 5.75. The number of carbonyl (C=O) groups excluding carboxylic acids is 1. The third-order valence-corrected chi connectivity index (χ3v) is 5.75. The summed E-state index contributed by atoms with van der Waals surface area (Å²) in [5.74, 6) is 0.133. The van der Waals surface area contributed by atoms with E-state index < -0.39 is 0 Å². The van der Waals surface area contributed by atoms with Gasteiger partial charge in [0.1, 0.15) is 5.52 Å². The van der Waals surface area contributed by atoms with Gasteiger partial charge in [0.05, 0.1) is 28.9 Å². The fraction of sp³-hybridized carbons (Fsp3) is 0.421. The van der Waals surface area contributed by atoms with E-state index in [1.54, 1.807) is 30.2 Å². The molecule has 1 N–H and O–H groups in total. The molecule has 3 aromatic rings. The molecule has 0 radical (unpaired) electrons. The summed E-state index contributed by atoms with van der Waals surface area (Å²) in [6.45, 7) is 4.89. The summed E-state index contributed by atoms with van der Waals surface area (Å²) >= 11 is 0. The molecule has 0 aliphatic carbocycles. The maximum Gasteiger partial charge on any atom is 0.276 e. The van der Waals surface area contributed by atoms with Crippen molar-refractivity contribution >= 4 is 11.4 Å². The Bertz CT molecular complexity index is 1140. The van der Waals surface area contributed by atoms with Crippen LogP contribution in [0.4, 0.5) is 0 Å². The van der Waals surface area contributed by atoms with Gasteiger partial charge in [0, 0.05) is 19.3 Å². The molecule has 1 amide bonds. The molecule has 144 valence electrons. The zero-order chi connectivity index (χ0) is 19.9. The maximum atomic E-state index is 13.0. The molecule has 28 heavy (non-hydrogen) atoms. The van der Waals surface area contributed by atoms with Gasteiger partial charge in [0.2, 0.25) is 5.95 Å². The molecule has 3 aromatic heterocycles. The van der Waals surface area contributed by atoms with Crippen LogP contribution in [0.2, 0.25) is 0 Å². The Kier molecular flexibility index (Phi) is 4.26. The van der Waals surface area contributed by atoms with E-state index in [2.05, 4.69) is 21.3 Å². The molecule has 0 bridgehead atoms. The van der Waals surface area contributed by atoms with Crippen LogP contribution in [0.25, 0.3) is 11.5 Å². The van der Waals surface area contributed by atoms with E-state index in [4.69, 9.17) is 0 Å². The van der Waals surface area contributed by atoms with Crippen molar-refractivity contribution in [3.63, 3.8) is 0 Å². The third kappa shape index (κ3) is 2.78. The van der Waals surface area contributed by atoms with Gasteiger partial charge in [0.15, 0.2) is 0 Å². The first-order valence-electron chi connectivity index (χ1n) is 9.31. The first-order chi connectivity index (χ1) is 13.5. The predicted molar refractivity (Wildman–Crippen MR) is 101 cm³/mol. The highest BCUT2D eigenvalue weighted by Gasteiger charge is 2.35. The fourth-order valence-electron chi connectivity index (χ4n) is 3.71. The first kappa shape index (κ1) is 18.0. The molecular weight excluding hydrogens is 358 g/mol. The second-order valence-corrected chi connectivity index (χ2v) is 7.21. The van der Waals surface area contributed by atoms with Crippen LogP contribution in [0.5, 0.6) is 0 Å². The summed E-state index contributed by atoms with van der Waals surface area (Å²) in [6, 6.07) is 5.83. The molecule has 4 rings (SSSR count). The monoisotopic (exact) mass is 379 g/mol. The van der Waals surface area contributed by atoms with Crippen LogP contribution in [0.1, 0.15) is 42.2 Å². The number of aromatic amines is 1. The number of aromatic nitrogens is 5. The average molecular weight is 379 g/mol. The number of hydrogen-bond acceptors (Lipinski definition) is 5. The predicted octanol–water partition coefficient (Wildman–Crippen LogP) is 1.67. The van der Waals surface area contributed by atoms with E-state index in [1.807, 2.05) is 6.92 Å². The number of piperidine rings is 1. The molecule has 1 saturated heterocycles. The summed E-state index contributed by atoms with van der Waals surface area (Å²) < 4.78 is 2.94. The van der Waals surface area contributed by atoms with Crippen molar-refractivity contribution in [1.82, 2.24) is 29.3 Å². The minimum absolute atomic E-state index is 0.115. The number of fused-ring (bicyclic) bond motifs is 1. The zero-order valence-electron chi connectivity index (χ0n) is 15.8. The Morgan fingerprint density at radius 1 is 1.39 bits per heavy atom. The van der Waals surface area contributed by atoms with Crippen molar-refractivity contribution in [2.45, 2.75) is 33.1 Å². The van der Waals surface area contributed by atoms with Crippen LogP contribution < -0.4 is 5.56 Å². The standard InChI is InChI=1S/C19H21N7O2/c1-3-19(12-20)6-9-24(10-7-19)17(28)14-11-21-26(13(14)2)18-22-16(27)15-5-4-8-25(15)23-18/h4-5,8,11H,3,6-7,9-10H2,1-2H3,(H,22,23,27). The van der Waals surface area contributed by atoms with E-state index in [0.29, 0.717) is 42.7 Å². The molecule has 0 atom stereocenters. The molecule has 0 unspecified atom stereocenters. The smallest absolute Gasteiger partial charge is 0.276 e. The van der Waals surface area contributed by atoms with Gasteiger partial charge in [-0.1, -0.05) is 6.92 Å². The van der Waals surface area contributed by atoms with Crippen LogP contribution in [0.15, 0.2) is 29.3 Å². The first-order valence-corrected chi connectivity index (χ1v) is 9.31. The summed E-state index contributed by atoms with van der Waals surface area (Å²) in [7, 11) is 0. The van der Waals surface area contributed by atoms with Gasteiger partial charge in [-0.15, -0.1) is 5.10 Å².